The minimum atomic E-state index is -0.387. The van der Waals surface area contributed by atoms with E-state index < -0.39 is 0 Å². The van der Waals surface area contributed by atoms with Gasteiger partial charge in [0.05, 0.1) is 5.56 Å². The van der Waals surface area contributed by atoms with Crippen molar-refractivity contribution in [2.24, 2.45) is 5.92 Å². The second kappa shape index (κ2) is 8.48. The maximum absolute atomic E-state index is 14.2. The van der Waals surface area contributed by atoms with Crippen molar-refractivity contribution in [3.8, 4) is 6.07 Å². The molecule has 132 valence electrons. The molecule has 0 heterocycles. The van der Waals surface area contributed by atoms with Gasteiger partial charge >= 0.3 is 0 Å². The topological polar surface area (TPSA) is 23.8 Å². The second-order valence-electron chi connectivity index (χ2n) is 7.59. The van der Waals surface area contributed by atoms with Crippen LogP contribution in [0.5, 0.6) is 0 Å². The molecule has 3 rings (SSSR count). The van der Waals surface area contributed by atoms with Crippen molar-refractivity contribution in [1.29, 1.82) is 5.26 Å². The number of nitrogens with zero attached hydrogens (tertiary/aromatic N) is 1. The molecule has 0 N–H and O–H groups in total. The molecule has 0 atom stereocenters. The summed E-state index contributed by atoms with van der Waals surface area (Å²) in [4.78, 5) is 0. The lowest BCUT2D eigenvalue weighted by atomic mass is 9.76. The van der Waals surface area contributed by atoms with Crippen LogP contribution < -0.4 is 0 Å². The van der Waals surface area contributed by atoms with Crippen molar-refractivity contribution in [2.75, 3.05) is 0 Å². The smallest absolute Gasteiger partial charge is 0.148 e. The zero-order valence-electron chi connectivity index (χ0n) is 15.2. The Morgan fingerprint density at radius 3 is 2.56 bits per heavy atom. The highest BCUT2D eigenvalue weighted by molar-refractivity contribution is 5.85. The van der Waals surface area contributed by atoms with Gasteiger partial charge in [-0.3, -0.25) is 0 Å². The largest absolute Gasteiger partial charge is 0.205 e. The first-order valence-corrected chi connectivity index (χ1v) is 9.85. The van der Waals surface area contributed by atoms with E-state index in [1.165, 1.54) is 63.4 Å². The SMILES string of the molecule is CCCCCCC1CCC(c2ccc3c(F)c(C#N)ccc3c2)CC1. The Hall–Kier alpha value is -1.88. The number of halogens is 1. The average molecular weight is 337 g/mol. The zero-order chi connectivity index (χ0) is 17.6. The summed E-state index contributed by atoms with van der Waals surface area (Å²) < 4.78 is 14.2. The number of benzene rings is 2. The molecule has 2 heteroatoms. The third-order valence-electron chi connectivity index (χ3n) is 5.88. The van der Waals surface area contributed by atoms with E-state index in [1.54, 1.807) is 6.07 Å². The molecule has 0 aliphatic heterocycles. The Morgan fingerprint density at radius 2 is 1.84 bits per heavy atom. The first kappa shape index (κ1) is 17.9. The van der Waals surface area contributed by atoms with Crippen LogP contribution in [0.1, 0.15) is 81.8 Å². The van der Waals surface area contributed by atoms with Crippen molar-refractivity contribution in [2.45, 2.75) is 70.6 Å². The summed E-state index contributed by atoms with van der Waals surface area (Å²) in [6.45, 7) is 2.27. The van der Waals surface area contributed by atoms with Gasteiger partial charge in [0.15, 0.2) is 0 Å². The van der Waals surface area contributed by atoms with Crippen molar-refractivity contribution >= 4 is 10.8 Å². The summed E-state index contributed by atoms with van der Waals surface area (Å²) in [6.07, 6.45) is 12.0. The number of nitriles is 1. The van der Waals surface area contributed by atoms with E-state index in [1.807, 2.05) is 18.2 Å². The normalized spacial score (nSPS) is 20.5. The van der Waals surface area contributed by atoms with Gasteiger partial charge in [0, 0.05) is 5.39 Å². The summed E-state index contributed by atoms with van der Waals surface area (Å²) in [5.41, 5.74) is 1.46. The van der Waals surface area contributed by atoms with Gasteiger partial charge in [0.25, 0.3) is 0 Å². The second-order valence-corrected chi connectivity index (χ2v) is 7.59. The first-order valence-electron chi connectivity index (χ1n) is 9.85. The molecule has 1 fully saturated rings. The van der Waals surface area contributed by atoms with E-state index in [9.17, 15) is 4.39 Å². The van der Waals surface area contributed by atoms with E-state index in [0.717, 1.165) is 11.3 Å². The van der Waals surface area contributed by atoms with E-state index in [-0.39, 0.29) is 11.4 Å². The Bertz CT molecular complexity index is 751. The fraction of sp³-hybridized carbons (Fsp3) is 0.522. The quantitative estimate of drug-likeness (QED) is 0.516. The summed E-state index contributed by atoms with van der Waals surface area (Å²) in [6, 6.07) is 11.4. The monoisotopic (exact) mass is 337 g/mol. The third kappa shape index (κ3) is 4.21. The first-order chi connectivity index (χ1) is 12.2. The van der Waals surface area contributed by atoms with Crippen LogP contribution >= 0.6 is 0 Å². The Balaban J connectivity index is 1.63. The molecule has 0 aromatic heterocycles. The minimum Gasteiger partial charge on any atom is -0.205 e. The molecule has 0 unspecified atom stereocenters. The Kier molecular flexibility index (Phi) is 6.08. The maximum Gasteiger partial charge on any atom is 0.148 e. The van der Waals surface area contributed by atoms with Gasteiger partial charge in [-0.2, -0.15) is 5.26 Å². The third-order valence-corrected chi connectivity index (χ3v) is 5.88. The fourth-order valence-electron chi connectivity index (χ4n) is 4.29. The van der Waals surface area contributed by atoms with Crippen LogP contribution in [-0.4, -0.2) is 0 Å². The van der Waals surface area contributed by atoms with Gasteiger partial charge in [-0.25, -0.2) is 4.39 Å². The molecule has 0 spiro atoms. The fourth-order valence-corrected chi connectivity index (χ4v) is 4.29. The molecule has 0 radical (unpaired) electrons. The van der Waals surface area contributed by atoms with Gasteiger partial charge < -0.3 is 0 Å². The Morgan fingerprint density at radius 1 is 1.04 bits per heavy atom. The molecule has 2 aromatic carbocycles. The number of unbranched alkanes of at least 4 members (excludes halogenated alkanes) is 3. The van der Waals surface area contributed by atoms with Crippen LogP contribution in [0.25, 0.3) is 10.8 Å². The van der Waals surface area contributed by atoms with Gasteiger partial charge in [0.2, 0.25) is 0 Å². The standard InChI is InChI=1S/C23H28FN/c1-2-3-4-5-6-17-7-9-18(10-8-17)19-13-14-22-20(15-19)11-12-21(16-25)23(22)24/h11-15,17-18H,2-10H2,1H3. The van der Waals surface area contributed by atoms with Crippen LogP contribution in [-0.2, 0) is 0 Å². The van der Waals surface area contributed by atoms with Crippen LogP contribution in [0, 0.1) is 23.1 Å². The number of rotatable bonds is 6. The highest BCUT2D eigenvalue weighted by Crippen LogP contribution is 2.38. The maximum atomic E-state index is 14.2. The van der Waals surface area contributed by atoms with Gasteiger partial charge in [0.1, 0.15) is 11.9 Å². The van der Waals surface area contributed by atoms with Crippen molar-refractivity contribution in [3.63, 3.8) is 0 Å². The van der Waals surface area contributed by atoms with Crippen LogP contribution in [0.3, 0.4) is 0 Å². The van der Waals surface area contributed by atoms with E-state index in [0.29, 0.717) is 11.3 Å². The molecular weight excluding hydrogens is 309 g/mol. The molecule has 1 saturated carbocycles. The lowest BCUT2D eigenvalue weighted by molar-refractivity contribution is 0.302. The van der Waals surface area contributed by atoms with Gasteiger partial charge in [-0.15, -0.1) is 0 Å². The van der Waals surface area contributed by atoms with Crippen molar-refractivity contribution in [3.05, 3.63) is 47.3 Å². The lowest BCUT2D eigenvalue weighted by Gasteiger charge is -2.29. The number of fused-ring (bicyclic) bond motifs is 1. The van der Waals surface area contributed by atoms with Crippen LogP contribution in [0.15, 0.2) is 30.3 Å². The summed E-state index contributed by atoms with van der Waals surface area (Å²) in [7, 11) is 0. The summed E-state index contributed by atoms with van der Waals surface area (Å²) in [5, 5.41) is 10.4. The number of hydrogen-bond donors (Lipinski definition) is 0. The molecule has 0 saturated heterocycles. The van der Waals surface area contributed by atoms with Crippen LogP contribution in [0.4, 0.5) is 4.39 Å². The number of hydrogen-bond acceptors (Lipinski definition) is 1. The minimum absolute atomic E-state index is 0.129. The highest BCUT2D eigenvalue weighted by atomic mass is 19.1. The van der Waals surface area contributed by atoms with E-state index >= 15 is 0 Å². The molecule has 1 nitrogen and oxygen atoms in total. The molecular formula is C23H28FN. The average Bonchev–Trinajstić information content (AvgIpc) is 2.66. The van der Waals surface area contributed by atoms with E-state index in [4.69, 9.17) is 5.26 Å². The van der Waals surface area contributed by atoms with Crippen molar-refractivity contribution < 1.29 is 4.39 Å². The van der Waals surface area contributed by atoms with Crippen LogP contribution in [0.2, 0.25) is 0 Å². The van der Waals surface area contributed by atoms with Crippen molar-refractivity contribution in [1.82, 2.24) is 0 Å². The zero-order valence-corrected chi connectivity index (χ0v) is 15.2. The van der Waals surface area contributed by atoms with Gasteiger partial charge in [-0.05, 0) is 54.5 Å². The van der Waals surface area contributed by atoms with Gasteiger partial charge in [-0.1, -0.05) is 63.3 Å². The highest BCUT2D eigenvalue weighted by Gasteiger charge is 2.22. The van der Waals surface area contributed by atoms with E-state index in [2.05, 4.69) is 19.1 Å². The molecule has 2 aromatic rings. The molecule has 1 aliphatic rings. The predicted molar refractivity (Wildman–Crippen MR) is 102 cm³/mol. The molecule has 1 aliphatic carbocycles. The molecule has 0 amide bonds. The Labute approximate surface area is 150 Å². The summed E-state index contributed by atoms with van der Waals surface area (Å²) >= 11 is 0. The predicted octanol–water partition coefficient (Wildman–Crippen LogP) is 7.09. The summed E-state index contributed by atoms with van der Waals surface area (Å²) in [5.74, 6) is 1.13. The molecule has 25 heavy (non-hydrogen) atoms. The lowest BCUT2D eigenvalue weighted by Crippen LogP contribution is -2.13. The molecule has 0 bridgehead atoms.